The Morgan fingerprint density at radius 3 is 2.62 bits per heavy atom. The summed E-state index contributed by atoms with van der Waals surface area (Å²) in [6.45, 7) is -0.302. The Morgan fingerprint density at radius 2 is 2.00 bits per heavy atom. The summed E-state index contributed by atoms with van der Waals surface area (Å²) < 4.78 is 33.0. The summed E-state index contributed by atoms with van der Waals surface area (Å²) in [6, 6.07) is 11.2. The molecule has 0 saturated carbocycles. The number of methoxy groups -OCH3 is 1. The molecular formula is C14H14BrNO4S. The van der Waals surface area contributed by atoms with Gasteiger partial charge in [-0.15, -0.1) is 0 Å². The topological polar surface area (TPSA) is 75.6 Å². The first-order valence-corrected chi connectivity index (χ1v) is 8.30. The number of benzene rings is 2. The number of ether oxygens (including phenoxy) is 1. The van der Waals surface area contributed by atoms with Crippen LogP contribution in [0.15, 0.2) is 51.8 Å². The van der Waals surface area contributed by atoms with E-state index in [0.717, 1.165) is 4.47 Å². The van der Waals surface area contributed by atoms with Crippen molar-refractivity contribution in [2.24, 2.45) is 0 Å². The molecule has 0 aromatic heterocycles. The molecule has 0 fully saturated rings. The molecule has 0 spiro atoms. The average Bonchev–Trinajstić information content (AvgIpc) is 2.46. The Labute approximate surface area is 131 Å². The van der Waals surface area contributed by atoms with Crippen molar-refractivity contribution in [1.82, 2.24) is 0 Å². The molecule has 2 aromatic rings. The summed E-state index contributed by atoms with van der Waals surface area (Å²) in [5, 5.41) is 9.26. The smallest absolute Gasteiger partial charge is 0.261 e. The second kappa shape index (κ2) is 6.46. The SMILES string of the molecule is COc1ccc(S(=O)(=O)Nc2cccc(Br)c2)cc1CO. The molecule has 0 amide bonds. The molecule has 2 rings (SSSR count). The van der Waals surface area contributed by atoms with Crippen molar-refractivity contribution < 1.29 is 18.3 Å². The lowest BCUT2D eigenvalue weighted by Gasteiger charge is -2.11. The number of nitrogens with one attached hydrogen (secondary N) is 1. The Bertz CT molecular complexity index is 746. The van der Waals surface area contributed by atoms with Crippen molar-refractivity contribution >= 4 is 31.6 Å². The zero-order chi connectivity index (χ0) is 15.5. The maximum absolute atomic E-state index is 12.3. The maximum atomic E-state index is 12.3. The van der Waals surface area contributed by atoms with Crippen LogP contribution in [-0.4, -0.2) is 20.6 Å². The number of sulfonamides is 1. The van der Waals surface area contributed by atoms with Crippen LogP contribution in [0.1, 0.15) is 5.56 Å². The van der Waals surface area contributed by atoms with Gasteiger partial charge in [0.1, 0.15) is 5.75 Å². The molecule has 0 aliphatic carbocycles. The minimum absolute atomic E-state index is 0.0623. The summed E-state index contributed by atoms with van der Waals surface area (Å²) in [5.74, 6) is 0.443. The standard InChI is InChI=1S/C14H14BrNO4S/c1-20-14-6-5-13(7-10(14)9-17)21(18,19)16-12-4-2-3-11(15)8-12/h2-8,16-17H,9H2,1H3. The normalized spacial score (nSPS) is 11.2. The molecule has 2 N–H and O–H groups in total. The molecule has 0 radical (unpaired) electrons. The Balaban J connectivity index is 2.35. The second-order valence-corrected chi connectivity index (χ2v) is 6.85. The van der Waals surface area contributed by atoms with Crippen molar-refractivity contribution in [3.05, 3.63) is 52.5 Å². The largest absolute Gasteiger partial charge is 0.496 e. The summed E-state index contributed by atoms with van der Waals surface area (Å²) >= 11 is 3.28. The van der Waals surface area contributed by atoms with Gasteiger partial charge in [-0.05, 0) is 36.4 Å². The number of halogens is 1. The van der Waals surface area contributed by atoms with Gasteiger partial charge < -0.3 is 9.84 Å². The number of anilines is 1. The van der Waals surface area contributed by atoms with Crippen molar-refractivity contribution in [3.8, 4) is 5.75 Å². The molecule has 112 valence electrons. The number of aliphatic hydroxyl groups is 1. The highest BCUT2D eigenvalue weighted by molar-refractivity contribution is 9.10. The predicted molar refractivity (Wildman–Crippen MR) is 83.9 cm³/mol. The van der Waals surface area contributed by atoms with E-state index in [-0.39, 0.29) is 11.5 Å². The van der Waals surface area contributed by atoms with Crippen LogP contribution in [0.4, 0.5) is 5.69 Å². The third-order valence-corrected chi connectivity index (χ3v) is 4.68. The van der Waals surface area contributed by atoms with E-state index in [1.54, 1.807) is 24.3 Å². The van der Waals surface area contributed by atoms with Gasteiger partial charge in [0.2, 0.25) is 0 Å². The van der Waals surface area contributed by atoms with Crippen LogP contribution >= 0.6 is 15.9 Å². The fourth-order valence-corrected chi connectivity index (χ4v) is 3.31. The van der Waals surface area contributed by atoms with E-state index >= 15 is 0 Å². The fourth-order valence-electron chi connectivity index (χ4n) is 1.81. The summed E-state index contributed by atoms with van der Waals surface area (Å²) in [7, 11) is -2.26. The first-order chi connectivity index (χ1) is 9.96. The van der Waals surface area contributed by atoms with Gasteiger partial charge in [-0.3, -0.25) is 4.72 Å². The zero-order valence-electron chi connectivity index (χ0n) is 11.2. The first-order valence-electron chi connectivity index (χ1n) is 6.02. The predicted octanol–water partition coefficient (Wildman–Crippen LogP) is 2.75. The molecule has 5 nitrogen and oxygen atoms in total. The van der Waals surface area contributed by atoms with Crippen molar-refractivity contribution in [2.75, 3.05) is 11.8 Å². The van der Waals surface area contributed by atoms with Crippen LogP contribution in [0.5, 0.6) is 5.75 Å². The van der Waals surface area contributed by atoms with E-state index in [4.69, 9.17) is 4.74 Å². The molecule has 0 unspecified atom stereocenters. The molecule has 0 aliphatic rings. The van der Waals surface area contributed by atoms with Gasteiger partial charge in [-0.1, -0.05) is 22.0 Å². The highest BCUT2D eigenvalue weighted by atomic mass is 79.9. The van der Waals surface area contributed by atoms with Crippen LogP contribution in [0, 0.1) is 0 Å². The molecule has 21 heavy (non-hydrogen) atoms. The van der Waals surface area contributed by atoms with E-state index < -0.39 is 10.0 Å². The molecule has 0 saturated heterocycles. The van der Waals surface area contributed by atoms with Crippen LogP contribution in [0.2, 0.25) is 0 Å². The highest BCUT2D eigenvalue weighted by Crippen LogP contribution is 2.24. The number of hydrogen-bond acceptors (Lipinski definition) is 4. The Kier molecular flexibility index (Phi) is 4.87. The fraction of sp³-hybridized carbons (Fsp3) is 0.143. The third-order valence-electron chi connectivity index (χ3n) is 2.81. The highest BCUT2D eigenvalue weighted by Gasteiger charge is 2.16. The molecule has 2 aromatic carbocycles. The quantitative estimate of drug-likeness (QED) is 0.846. The Morgan fingerprint density at radius 1 is 1.24 bits per heavy atom. The lowest BCUT2D eigenvalue weighted by molar-refractivity contribution is 0.273. The van der Waals surface area contributed by atoms with Gasteiger partial charge in [0, 0.05) is 15.7 Å². The van der Waals surface area contributed by atoms with Crippen molar-refractivity contribution in [3.63, 3.8) is 0 Å². The summed E-state index contributed by atoms with van der Waals surface area (Å²) in [5.41, 5.74) is 0.861. The minimum atomic E-state index is -3.73. The first kappa shape index (κ1) is 15.8. The van der Waals surface area contributed by atoms with E-state index in [1.807, 2.05) is 0 Å². The van der Waals surface area contributed by atoms with Crippen LogP contribution < -0.4 is 9.46 Å². The summed E-state index contributed by atoms with van der Waals surface area (Å²) in [6.07, 6.45) is 0. The van der Waals surface area contributed by atoms with E-state index in [0.29, 0.717) is 17.0 Å². The van der Waals surface area contributed by atoms with Crippen molar-refractivity contribution in [1.29, 1.82) is 0 Å². The van der Waals surface area contributed by atoms with E-state index in [1.165, 1.54) is 25.3 Å². The van der Waals surface area contributed by atoms with Gasteiger partial charge >= 0.3 is 0 Å². The monoisotopic (exact) mass is 371 g/mol. The number of rotatable bonds is 5. The molecule has 0 atom stereocenters. The summed E-state index contributed by atoms with van der Waals surface area (Å²) in [4.78, 5) is 0.0623. The van der Waals surface area contributed by atoms with Gasteiger partial charge in [0.25, 0.3) is 10.0 Å². The maximum Gasteiger partial charge on any atom is 0.261 e. The second-order valence-electron chi connectivity index (χ2n) is 4.25. The molecule has 7 heteroatoms. The van der Waals surface area contributed by atoms with E-state index in [9.17, 15) is 13.5 Å². The zero-order valence-corrected chi connectivity index (χ0v) is 13.6. The van der Waals surface area contributed by atoms with Crippen LogP contribution in [0.25, 0.3) is 0 Å². The van der Waals surface area contributed by atoms with Gasteiger partial charge in [0.05, 0.1) is 18.6 Å². The lowest BCUT2D eigenvalue weighted by Crippen LogP contribution is -2.13. The molecule has 0 bridgehead atoms. The number of hydrogen-bond donors (Lipinski definition) is 2. The number of aliphatic hydroxyl groups excluding tert-OH is 1. The Hall–Kier alpha value is -1.57. The third kappa shape index (κ3) is 3.75. The molecular weight excluding hydrogens is 358 g/mol. The van der Waals surface area contributed by atoms with Crippen molar-refractivity contribution in [2.45, 2.75) is 11.5 Å². The lowest BCUT2D eigenvalue weighted by atomic mass is 10.2. The van der Waals surface area contributed by atoms with E-state index in [2.05, 4.69) is 20.7 Å². The van der Waals surface area contributed by atoms with Crippen LogP contribution in [-0.2, 0) is 16.6 Å². The van der Waals surface area contributed by atoms with Crippen LogP contribution in [0.3, 0.4) is 0 Å². The molecule has 0 aliphatic heterocycles. The van der Waals surface area contributed by atoms with Gasteiger partial charge in [-0.25, -0.2) is 8.42 Å². The average molecular weight is 372 g/mol. The minimum Gasteiger partial charge on any atom is -0.496 e. The molecule has 0 heterocycles. The van der Waals surface area contributed by atoms with Gasteiger partial charge in [0.15, 0.2) is 0 Å². The van der Waals surface area contributed by atoms with Gasteiger partial charge in [-0.2, -0.15) is 0 Å².